The van der Waals surface area contributed by atoms with E-state index in [-0.39, 0.29) is 0 Å². The number of aromatic amines is 1. The minimum Gasteiger partial charge on any atom is -0.299 e. The van der Waals surface area contributed by atoms with Gasteiger partial charge in [-0.3, -0.25) is 14.6 Å². The SMILES string of the molecule is CSC1(Cn2c(-c3ccncc3)n[nH]c2=S)CCCC1. The molecule has 0 aliphatic heterocycles. The van der Waals surface area contributed by atoms with Crippen molar-refractivity contribution < 1.29 is 0 Å². The third-order valence-electron chi connectivity index (χ3n) is 4.09. The fourth-order valence-corrected chi connectivity index (χ4v) is 4.07. The molecule has 0 spiro atoms. The minimum absolute atomic E-state index is 0.309. The quantitative estimate of drug-likeness (QED) is 0.875. The van der Waals surface area contributed by atoms with Crippen LogP contribution in [0.5, 0.6) is 0 Å². The van der Waals surface area contributed by atoms with Crippen LogP contribution in [-0.2, 0) is 6.54 Å². The van der Waals surface area contributed by atoms with Gasteiger partial charge in [0.2, 0.25) is 0 Å². The van der Waals surface area contributed by atoms with Gasteiger partial charge in [0.15, 0.2) is 10.6 Å². The molecule has 2 aromatic rings. The predicted octanol–water partition coefficient (Wildman–Crippen LogP) is 3.68. The van der Waals surface area contributed by atoms with E-state index >= 15 is 0 Å². The van der Waals surface area contributed by atoms with Gasteiger partial charge in [0, 0.05) is 29.2 Å². The predicted molar refractivity (Wildman–Crippen MR) is 85.4 cm³/mol. The van der Waals surface area contributed by atoms with Crippen molar-refractivity contribution in [3.05, 3.63) is 29.3 Å². The maximum Gasteiger partial charge on any atom is 0.195 e. The first-order valence-electron chi connectivity index (χ1n) is 6.85. The smallest absolute Gasteiger partial charge is 0.195 e. The summed E-state index contributed by atoms with van der Waals surface area (Å²) in [7, 11) is 0. The van der Waals surface area contributed by atoms with Crippen LogP contribution < -0.4 is 0 Å². The Bertz CT molecular complexity index is 626. The number of nitrogens with one attached hydrogen (secondary N) is 1. The molecule has 0 aromatic carbocycles. The number of H-pyrrole nitrogens is 1. The molecule has 1 fully saturated rings. The molecule has 2 aromatic heterocycles. The van der Waals surface area contributed by atoms with Crippen molar-refractivity contribution in [1.29, 1.82) is 0 Å². The molecule has 0 unspecified atom stereocenters. The molecule has 0 atom stereocenters. The molecular formula is C14H18N4S2. The molecule has 1 saturated carbocycles. The van der Waals surface area contributed by atoms with E-state index in [1.54, 1.807) is 12.4 Å². The van der Waals surface area contributed by atoms with Gasteiger partial charge in [-0.15, -0.1) is 0 Å². The van der Waals surface area contributed by atoms with E-state index in [1.807, 2.05) is 23.9 Å². The van der Waals surface area contributed by atoms with Crippen LogP contribution in [0.1, 0.15) is 25.7 Å². The second kappa shape index (κ2) is 5.69. The second-order valence-corrected chi connectivity index (χ2v) is 6.93. The van der Waals surface area contributed by atoms with Crippen molar-refractivity contribution in [1.82, 2.24) is 19.7 Å². The summed E-state index contributed by atoms with van der Waals surface area (Å²) in [6, 6.07) is 3.95. The Morgan fingerprint density at radius 2 is 2.05 bits per heavy atom. The summed E-state index contributed by atoms with van der Waals surface area (Å²) < 4.78 is 3.16. The summed E-state index contributed by atoms with van der Waals surface area (Å²) in [6.45, 7) is 0.932. The van der Waals surface area contributed by atoms with Crippen LogP contribution >= 0.6 is 24.0 Å². The van der Waals surface area contributed by atoms with E-state index in [1.165, 1.54) is 25.7 Å². The number of nitrogens with zero attached hydrogens (tertiary/aromatic N) is 3. The first-order valence-corrected chi connectivity index (χ1v) is 8.48. The molecule has 1 aliphatic rings. The maximum atomic E-state index is 5.43. The van der Waals surface area contributed by atoms with Gasteiger partial charge >= 0.3 is 0 Å². The molecular weight excluding hydrogens is 288 g/mol. The number of aromatic nitrogens is 4. The zero-order chi connectivity index (χ0) is 14.0. The Morgan fingerprint density at radius 1 is 1.35 bits per heavy atom. The molecule has 0 bridgehead atoms. The molecule has 106 valence electrons. The zero-order valence-corrected chi connectivity index (χ0v) is 13.1. The summed E-state index contributed by atoms with van der Waals surface area (Å²) in [6.07, 6.45) is 10.9. The Morgan fingerprint density at radius 3 is 2.70 bits per heavy atom. The van der Waals surface area contributed by atoms with Gasteiger partial charge in [0.05, 0.1) is 0 Å². The molecule has 2 heterocycles. The number of hydrogen-bond donors (Lipinski definition) is 1. The standard InChI is InChI=1S/C14H18N4S2/c1-20-14(6-2-3-7-14)10-18-12(16-17-13(18)19)11-4-8-15-9-5-11/h4-5,8-9H,2-3,6-7,10H2,1H3,(H,17,19). The van der Waals surface area contributed by atoms with Gasteiger partial charge in [-0.2, -0.15) is 16.9 Å². The molecule has 1 N–H and O–H groups in total. The number of pyridine rings is 1. The van der Waals surface area contributed by atoms with Crippen LogP contribution in [0.4, 0.5) is 0 Å². The largest absolute Gasteiger partial charge is 0.299 e. The van der Waals surface area contributed by atoms with Gasteiger partial charge in [0.25, 0.3) is 0 Å². The highest BCUT2D eigenvalue weighted by Crippen LogP contribution is 2.42. The zero-order valence-electron chi connectivity index (χ0n) is 11.5. The topological polar surface area (TPSA) is 46.5 Å². The average Bonchev–Trinajstić information content (AvgIpc) is 3.09. The van der Waals surface area contributed by atoms with Crippen molar-refractivity contribution in [2.24, 2.45) is 0 Å². The van der Waals surface area contributed by atoms with Crippen molar-refractivity contribution in [3.8, 4) is 11.4 Å². The average molecular weight is 306 g/mol. The van der Waals surface area contributed by atoms with E-state index in [0.29, 0.717) is 9.52 Å². The second-order valence-electron chi connectivity index (χ2n) is 5.27. The normalized spacial score (nSPS) is 17.4. The Balaban J connectivity index is 1.98. The van der Waals surface area contributed by atoms with E-state index in [2.05, 4.69) is 26.0 Å². The summed E-state index contributed by atoms with van der Waals surface area (Å²) in [5.74, 6) is 0.915. The third-order valence-corrected chi connectivity index (χ3v) is 5.81. The van der Waals surface area contributed by atoms with E-state index in [4.69, 9.17) is 12.2 Å². The molecule has 6 heteroatoms. The Labute approximate surface area is 128 Å². The lowest BCUT2D eigenvalue weighted by Gasteiger charge is -2.27. The van der Waals surface area contributed by atoms with Crippen LogP contribution in [-0.4, -0.2) is 30.8 Å². The molecule has 0 amide bonds. The monoisotopic (exact) mass is 306 g/mol. The van der Waals surface area contributed by atoms with Gasteiger partial charge in [-0.1, -0.05) is 12.8 Å². The van der Waals surface area contributed by atoms with Crippen LogP contribution in [0.15, 0.2) is 24.5 Å². The van der Waals surface area contributed by atoms with Crippen LogP contribution in [0.2, 0.25) is 0 Å². The first-order chi connectivity index (χ1) is 9.74. The van der Waals surface area contributed by atoms with Crippen molar-refractivity contribution in [2.45, 2.75) is 37.0 Å². The molecule has 0 saturated heterocycles. The number of hydrogen-bond acceptors (Lipinski definition) is 4. The fraction of sp³-hybridized carbons (Fsp3) is 0.500. The fourth-order valence-electron chi connectivity index (χ4n) is 2.92. The third kappa shape index (κ3) is 2.54. The van der Waals surface area contributed by atoms with Gasteiger partial charge < -0.3 is 0 Å². The summed E-state index contributed by atoms with van der Waals surface area (Å²) in [4.78, 5) is 4.06. The van der Waals surface area contributed by atoms with E-state index in [0.717, 1.165) is 17.9 Å². The summed E-state index contributed by atoms with van der Waals surface area (Å²) >= 11 is 7.39. The maximum absolute atomic E-state index is 5.43. The highest BCUT2D eigenvalue weighted by Gasteiger charge is 2.34. The first kappa shape index (κ1) is 13.8. The van der Waals surface area contributed by atoms with Crippen molar-refractivity contribution in [2.75, 3.05) is 6.26 Å². The molecule has 1 aliphatic carbocycles. The van der Waals surface area contributed by atoms with E-state index in [9.17, 15) is 0 Å². The lowest BCUT2D eigenvalue weighted by Crippen LogP contribution is -2.27. The molecule has 20 heavy (non-hydrogen) atoms. The lowest BCUT2D eigenvalue weighted by atomic mass is 10.1. The Hall–Kier alpha value is -1.14. The molecule has 4 nitrogen and oxygen atoms in total. The molecule has 0 radical (unpaired) electrons. The van der Waals surface area contributed by atoms with Gasteiger partial charge in [-0.05, 0) is 43.4 Å². The summed E-state index contributed by atoms with van der Waals surface area (Å²) in [5, 5.41) is 7.34. The van der Waals surface area contributed by atoms with Crippen molar-refractivity contribution in [3.63, 3.8) is 0 Å². The van der Waals surface area contributed by atoms with Gasteiger partial charge in [-0.25, -0.2) is 0 Å². The van der Waals surface area contributed by atoms with Crippen LogP contribution in [0, 0.1) is 4.77 Å². The molecule has 3 rings (SSSR count). The van der Waals surface area contributed by atoms with Crippen LogP contribution in [0.3, 0.4) is 0 Å². The highest BCUT2D eigenvalue weighted by atomic mass is 32.2. The van der Waals surface area contributed by atoms with Gasteiger partial charge in [0.1, 0.15) is 0 Å². The van der Waals surface area contributed by atoms with Crippen molar-refractivity contribution >= 4 is 24.0 Å². The Kier molecular flexibility index (Phi) is 3.94. The number of thioether (sulfide) groups is 1. The highest BCUT2D eigenvalue weighted by molar-refractivity contribution is 8.00. The lowest BCUT2D eigenvalue weighted by molar-refractivity contribution is 0.504. The number of rotatable bonds is 4. The summed E-state index contributed by atoms with van der Waals surface area (Å²) in [5.41, 5.74) is 1.06. The van der Waals surface area contributed by atoms with Crippen LogP contribution in [0.25, 0.3) is 11.4 Å². The van der Waals surface area contributed by atoms with E-state index < -0.39 is 0 Å². The minimum atomic E-state index is 0.309.